The minimum absolute atomic E-state index is 0.152. The fourth-order valence-corrected chi connectivity index (χ4v) is 1.18. The lowest BCUT2D eigenvalue weighted by Gasteiger charge is -2.23. The van der Waals surface area contributed by atoms with E-state index in [0.29, 0.717) is 0 Å². The fourth-order valence-electron chi connectivity index (χ4n) is 1.18. The molecule has 9 heteroatoms. The first-order valence-electron chi connectivity index (χ1n) is 5.29. The molecule has 116 valence electrons. The molecule has 4 nitrogen and oxygen atoms in total. The second kappa shape index (κ2) is 6.51. The van der Waals surface area contributed by atoms with Crippen molar-refractivity contribution in [2.45, 2.75) is 12.1 Å². The fraction of sp³-hybridized carbons (Fsp3) is 0.455. The molecule has 0 spiro atoms. The van der Waals surface area contributed by atoms with Gasteiger partial charge in [0.25, 0.3) is 0 Å². The minimum atomic E-state index is -6.09. The number of rotatable bonds is 2. The first kappa shape index (κ1) is 18.8. The number of alkyl halides is 3. The molecule has 0 atom stereocenters. The Morgan fingerprint density at radius 2 is 1.65 bits per heavy atom. The van der Waals surface area contributed by atoms with Crippen molar-refractivity contribution in [3.63, 3.8) is 0 Å². The molecule has 0 aromatic heterocycles. The normalized spacial score (nSPS) is 12.6. The maximum absolute atomic E-state index is 12.7. The number of quaternary nitrogens is 1. The van der Waals surface area contributed by atoms with Gasteiger partial charge in [-0.25, -0.2) is 12.8 Å². The van der Waals surface area contributed by atoms with Crippen LogP contribution in [0.15, 0.2) is 24.3 Å². The van der Waals surface area contributed by atoms with Gasteiger partial charge in [-0.2, -0.15) is 13.2 Å². The van der Waals surface area contributed by atoms with Crippen LogP contribution in [-0.4, -0.2) is 44.1 Å². The lowest BCUT2D eigenvalue weighted by atomic mass is 10.2. The zero-order valence-electron chi connectivity index (χ0n) is 11.1. The Morgan fingerprint density at radius 1 is 1.20 bits per heavy atom. The van der Waals surface area contributed by atoms with E-state index in [1.165, 1.54) is 6.07 Å². The molecule has 0 aliphatic heterocycles. The minimum Gasteiger partial charge on any atom is -0.741 e. The molecule has 0 fully saturated rings. The van der Waals surface area contributed by atoms with Crippen LogP contribution in [0, 0.1) is 5.82 Å². The van der Waals surface area contributed by atoms with E-state index in [9.17, 15) is 17.6 Å². The molecule has 0 saturated heterocycles. The predicted molar refractivity (Wildman–Crippen MR) is 63.9 cm³/mol. The van der Waals surface area contributed by atoms with Gasteiger partial charge in [0.1, 0.15) is 12.4 Å². The zero-order chi connectivity index (χ0) is 16.2. The summed E-state index contributed by atoms with van der Waals surface area (Å²) in [6.45, 7) is 0.859. The van der Waals surface area contributed by atoms with Gasteiger partial charge >= 0.3 is 5.51 Å². The third-order valence-corrected chi connectivity index (χ3v) is 2.40. The largest absolute Gasteiger partial charge is 0.741 e. The lowest BCUT2D eigenvalue weighted by Crippen LogP contribution is -2.33. The third kappa shape index (κ3) is 8.08. The quantitative estimate of drug-likeness (QED) is 0.363. The maximum atomic E-state index is 12.7. The molecule has 1 aromatic rings. The molecule has 20 heavy (non-hydrogen) atoms. The highest BCUT2D eigenvalue weighted by molar-refractivity contribution is 7.86. The molecule has 0 radical (unpaired) electrons. The Labute approximate surface area is 115 Å². The summed E-state index contributed by atoms with van der Waals surface area (Å²) in [5.41, 5.74) is -4.60. The van der Waals surface area contributed by atoms with Crippen LogP contribution in [0.4, 0.5) is 17.6 Å². The summed E-state index contributed by atoms with van der Waals surface area (Å²) >= 11 is 0. The van der Waals surface area contributed by atoms with Gasteiger partial charge in [0.15, 0.2) is 10.1 Å². The Kier molecular flexibility index (Phi) is 6.12. The molecule has 0 amide bonds. The second-order valence-corrected chi connectivity index (χ2v) is 6.35. The Bertz CT molecular complexity index is 535. The van der Waals surface area contributed by atoms with E-state index >= 15 is 0 Å². The summed E-state index contributed by atoms with van der Waals surface area (Å²) in [6, 6.07) is 6.76. The average molecular weight is 317 g/mol. The number of hydrogen-bond acceptors (Lipinski definition) is 3. The molecule has 0 aliphatic rings. The number of halogens is 4. The van der Waals surface area contributed by atoms with Crippen molar-refractivity contribution in [1.29, 1.82) is 0 Å². The molecule has 0 N–H and O–H groups in total. The van der Waals surface area contributed by atoms with Gasteiger partial charge in [0.05, 0.1) is 21.1 Å². The van der Waals surface area contributed by atoms with Gasteiger partial charge in [-0.05, 0) is 12.1 Å². The highest BCUT2D eigenvalue weighted by Crippen LogP contribution is 2.20. The summed E-state index contributed by atoms with van der Waals surface area (Å²) in [4.78, 5) is 0. The molecule has 1 rings (SSSR count). The SMILES string of the molecule is C[N+](C)(C)Cc1cccc(F)c1.O=S(=O)([O-])C(F)(F)F. The molecule has 1 aromatic carbocycles. The van der Waals surface area contributed by atoms with Crippen LogP contribution < -0.4 is 0 Å². The van der Waals surface area contributed by atoms with Gasteiger partial charge in [-0.1, -0.05) is 12.1 Å². The highest BCUT2D eigenvalue weighted by Gasteiger charge is 2.36. The molecule has 0 heterocycles. The van der Waals surface area contributed by atoms with Crippen LogP contribution in [0.3, 0.4) is 0 Å². The Balaban J connectivity index is 0.000000396. The molecular weight excluding hydrogens is 302 g/mol. The molecule has 0 saturated carbocycles. The van der Waals surface area contributed by atoms with E-state index in [1.54, 1.807) is 12.1 Å². The van der Waals surface area contributed by atoms with E-state index in [0.717, 1.165) is 16.6 Å². The van der Waals surface area contributed by atoms with Crippen molar-refractivity contribution in [3.8, 4) is 0 Å². The van der Waals surface area contributed by atoms with Crippen molar-refractivity contribution in [2.24, 2.45) is 0 Å². The average Bonchev–Trinajstić information content (AvgIpc) is 2.11. The van der Waals surface area contributed by atoms with E-state index in [1.807, 2.05) is 6.07 Å². The van der Waals surface area contributed by atoms with E-state index < -0.39 is 15.6 Å². The number of hydrogen-bond donors (Lipinski definition) is 0. The summed E-state index contributed by atoms with van der Waals surface area (Å²) in [5, 5.41) is 0. The van der Waals surface area contributed by atoms with Crippen molar-refractivity contribution in [3.05, 3.63) is 35.6 Å². The molecule has 0 aliphatic carbocycles. The Hall–Kier alpha value is -1.19. The van der Waals surface area contributed by atoms with Crippen LogP contribution in [0.25, 0.3) is 0 Å². The van der Waals surface area contributed by atoms with E-state index in [4.69, 9.17) is 13.0 Å². The molecule has 0 unspecified atom stereocenters. The molecule has 0 bridgehead atoms. The van der Waals surface area contributed by atoms with Crippen molar-refractivity contribution in [1.82, 2.24) is 0 Å². The monoisotopic (exact) mass is 317 g/mol. The first-order valence-corrected chi connectivity index (χ1v) is 6.70. The van der Waals surface area contributed by atoms with Crippen LogP contribution >= 0.6 is 0 Å². The first-order chi connectivity index (χ1) is 8.72. The van der Waals surface area contributed by atoms with Gasteiger partial charge in [0.2, 0.25) is 0 Å². The van der Waals surface area contributed by atoms with E-state index in [-0.39, 0.29) is 5.82 Å². The van der Waals surface area contributed by atoms with Gasteiger partial charge in [0, 0.05) is 5.56 Å². The number of nitrogens with zero attached hydrogens (tertiary/aromatic N) is 1. The second-order valence-electron chi connectivity index (χ2n) is 4.98. The summed E-state index contributed by atoms with van der Waals surface area (Å²) in [7, 11) is 0.174. The standard InChI is InChI=1S/C10H15FN.CHF3O3S/c1-12(2,3)8-9-5-4-6-10(11)7-9;2-1(3,4)8(5,6)7/h4-7H,8H2,1-3H3;(H,5,6,7)/q+1;/p-1. The summed E-state index contributed by atoms with van der Waals surface area (Å²) in [6.07, 6.45) is 0. The zero-order valence-corrected chi connectivity index (χ0v) is 11.9. The predicted octanol–water partition coefficient (Wildman–Crippen LogP) is 2.08. The van der Waals surface area contributed by atoms with Crippen LogP contribution in [0.5, 0.6) is 0 Å². The van der Waals surface area contributed by atoms with Crippen molar-refractivity contribution >= 4 is 10.1 Å². The lowest BCUT2D eigenvalue weighted by molar-refractivity contribution is -0.884. The summed E-state index contributed by atoms with van der Waals surface area (Å²) < 4.78 is 72.5. The van der Waals surface area contributed by atoms with Crippen LogP contribution in [-0.2, 0) is 16.7 Å². The van der Waals surface area contributed by atoms with Crippen molar-refractivity contribution < 1.29 is 35.0 Å². The highest BCUT2D eigenvalue weighted by atomic mass is 32.2. The van der Waals surface area contributed by atoms with Crippen LogP contribution in [0.1, 0.15) is 5.56 Å². The maximum Gasteiger partial charge on any atom is 0.485 e. The van der Waals surface area contributed by atoms with Gasteiger partial charge in [-0.3, -0.25) is 0 Å². The van der Waals surface area contributed by atoms with Gasteiger partial charge in [-0.15, -0.1) is 0 Å². The Morgan fingerprint density at radius 3 is 1.95 bits per heavy atom. The van der Waals surface area contributed by atoms with Crippen LogP contribution in [0.2, 0.25) is 0 Å². The van der Waals surface area contributed by atoms with E-state index in [2.05, 4.69) is 21.1 Å². The number of benzene rings is 1. The molecular formula is C11H15F4NO3S. The third-order valence-electron chi connectivity index (χ3n) is 1.83. The smallest absolute Gasteiger partial charge is 0.485 e. The van der Waals surface area contributed by atoms with Crippen molar-refractivity contribution in [2.75, 3.05) is 21.1 Å². The summed E-state index contributed by atoms with van der Waals surface area (Å²) in [5.74, 6) is -0.152. The topological polar surface area (TPSA) is 57.2 Å². The van der Waals surface area contributed by atoms with Gasteiger partial charge < -0.3 is 9.04 Å².